The third-order valence-corrected chi connectivity index (χ3v) is 4.79. The number of primary sulfonamides is 1. The monoisotopic (exact) mass is 394 g/mol. The number of aromatic nitrogens is 2. The van der Waals surface area contributed by atoms with E-state index in [0.29, 0.717) is 24.6 Å². The van der Waals surface area contributed by atoms with Crippen LogP contribution in [0.5, 0.6) is 0 Å². The number of nitrogens with zero attached hydrogens (tertiary/aromatic N) is 3. The number of nitrogens with one attached hydrogen (secondary N) is 2. The van der Waals surface area contributed by atoms with Gasteiger partial charge in [0.25, 0.3) is 0 Å². The normalized spacial score (nSPS) is 10.9. The molecule has 1 aromatic heterocycles. The molecule has 0 amide bonds. The van der Waals surface area contributed by atoms with E-state index in [1.165, 1.54) is 18.5 Å². The lowest BCUT2D eigenvalue weighted by Crippen LogP contribution is -2.12. The molecule has 2 aromatic carbocycles. The van der Waals surface area contributed by atoms with E-state index in [-0.39, 0.29) is 4.90 Å². The van der Waals surface area contributed by atoms with Gasteiger partial charge in [0.1, 0.15) is 18.0 Å². The van der Waals surface area contributed by atoms with Gasteiger partial charge < -0.3 is 10.6 Å². The Morgan fingerprint density at radius 3 is 2.46 bits per heavy atom. The predicted octanol–water partition coefficient (Wildman–Crippen LogP) is 2.55. The lowest BCUT2D eigenvalue weighted by atomic mass is 10.1. The van der Waals surface area contributed by atoms with Crippen LogP contribution in [0.2, 0.25) is 0 Å². The van der Waals surface area contributed by atoms with Crippen molar-refractivity contribution in [2.75, 3.05) is 10.6 Å². The number of hydrogen-bond acceptors (Lipinski definition) is 7. The molecular weight excluding hydrogens is 376 g/mol. The Kier molecular flexibility index (Phi) is 5.84. The van der Waals surface area contributed by atoms with Crippen molar-refractivity contribution in [2.24, 2.45) is 5.14 Å². The minimum Gasteiger partial charge on any atom is -0.366 e. The lowest BCUT2D eigenvalue weighted by molar-refractivity contribution is 0.597. The maximum Gasteiger partial charge on any atom is 0.238 e. The average molecular weight is 394 g/mol. The van der Waals surface area contributed by atoms with Crippen molar-refractivity contribution in [3.63, 3.8) is 0 Å². The summed E-state index contributed by atoms with van der Waals surface area (Å²) in [6, 6.07) is 17.8. The van der Waals surface area contributed by atoms with Crippen molar-refractivity contribution >= 4 is 27.3 Å². The van der Waals surface area contributed by atoms with Gasteiger partial charge in [-0.25, -0.2) is 23.5 Å². The molecule has 8 nitrogen and oxygen atoms in total. The van der Waals surface area contributed by atoms with Crippen LogP contribution in [-0.4, -0.2) is 18.4 Å². The SMILES string of the molecule is N#CCc1ccc(Nc2cc(NCc3cccc(S(N)(=O)=O)c3)ncn2)cc1. The van der Waals surface area contributed by atoms with Crippen molar-refractivity contribution < 1.29 is 8.42 Å². The van der Waals surface area contributed by atoms with E-state index in [1.807, 2.05) is 24.3 Å². The summed E-state index contributed by atoms with van der Waals surface area (Å²) in [7, 11) is -3.74. The maximum absolute atomic E-state index is 11.4. The van der Waals surface area contributed by atoms with E-state index in [2.05, 4.69) is 26.7 Å². The molecule has 0 aliphatic rings. The molecule has 4 N–H and O–H groups in total. The second-order valence-electron chi connectivity index (χ2n) is 5.99. The molecule has 0 bridgehead atoms. The van der Waals surface area contributed by atoms with Crippen LogP contribution in [-0.2, 0) is 23.0 Å². The highest BCUT2D eigenvalue weighted by Gasteiger charge is 2.08. The Bertz CT molecular complexity index is 1110. The summed E-state index contributed by atoms with van der Waals surface area (Å²) in [4.78, 5) is 8.42. The molecule has 1 heterocycles. The van der Waals surface area contributed by atoms with Gasteiger partial charge in [0, 0.05) is 18.3 Å². The van der Waals surface area contributed by atoms with E-state index in [0.717, 1.165) is 16.8 Å². The molecular formula is C19H18N6O2S. The topological polar surface area (TPSA) is 134 Å². The first kappa shape index (κ1) is 19.3. The number of benzene rings is 2. The Labute approximate surface area is 163 Å². The van der Waals surface area contributed by atoms with Crippen LogP contribution >= 0.6 is 0 Å². The molecule has 3 aromatic rings. The van der Waals surface area contributed by atoms with Gasteiger partial charge in [-0.15, -0.1) is 0 Å². The third-order valence-electron chi connectivity index (χ3n) is 3.88. The molecule has 142 valence electrons. The van der Waals surface area contributed by atoms with Gasteiger partial charge in [-0.1, -0.05) is 24.3 Å². The maximum atomic E-state index is 11.4. The van der Waals surface area contributed by atoms with Gasteiger partial charge in [-0.05, 0) is 35.4 Å². The molecule has 0 spiro atoms. The van der Waals surface area contributed by atoms with Crippen LogP contribution < -0.4 is 15.8 Å². The number of rotatable bonds is 7. The molecule has 0 unspecified atom stereocenters. The summed E-state index contributed by atoms with van der Waals surface area (Å²) in [6.07, 6.45) is 1.80. The highest BCUT2D eigenvalue weighted by molar-refractivity contribution is 7.89. The quantitative estimate of drug-likeness (QED) is 0.560. The molecule has 0 fully saturated rings. The van der Waals surface area contributed by atoms with E-state index < -0.39 is 10.0 Å². The smallest absolute Gasteiger partial charge is 0.238 e. The largest absolute Gasteiger partial charge is 0.366 e. The van der Waals surface area contributed by atoms with E-state index in [4.69, 9.17) is 10.4 Å². The lowest BCUT2D eigenvalue weighted by Gasteiger charge is -2.09. The minimum atomic E-state index is -3.74. The first-order valence-corrected chi connectivity index (χ1v) is 9.89. The fraction of sp³-hybridized carbons (Fsp3) is 0.105. The predicted molar refractivity (Wildman–Crippen MR) is 106 cm³/mol. The van der Waals surface area contributed by atoms with E-state index in [9.17, 15) is 8.42 Å². The molecule has 0 radical (unpaired) electrons. The number of nitrogens with two attached hydrogens (primary N) is 1. The van der Waals surface area contributed by atoms with Gasteiger partial charge >= 0.3 is 0 Å². The number of anilines is 3. The van der Waals surface area contributed by atoms with Crippen molar-refractivity contribution in [1.29, 1.82) is 5.26 Å². The van der Waals surface area contributed by atoms with Gasteiger partial charge in [-0.3, -0.25) is 0 Å². The highest BCUT2D eigenvalue weighted by atomic mass is 32.2. The second kappa shape index (κ2) is 8.47. The van der Waals surface area contributed by atoms with Crippen LogP contribution in [0.3, 0.4) is 0 Å². The summed E-state index contributed by atoms with van der Waals surface area (Å²) < 4.78 is 22.9. The van der Waals surface area contributed by atoms with Crippen molar-refractivity contribution in [3.05, 3.63) is 72.1 Å². The van der Waals surface area contributed by atoms with Crippen molar-refractivity contribution in [2.45, 2.75) is 17.9 Å². The highest BCUT2D eigenvalue weighted by Crippen LogP contribution is 2.18. The first-order valence-electron chi connectivity index (χ1n) is 8.34. The zero-order valence-electron chi connectivity index (χ0n) is 14.8. The molecule has 3 rings (SSSR count). The van der Waals surface area contributed by atoms with Crippen LogP contribution in [0.25, 0.3) is 0 Å². The van der Waals surface area contributed by atoms with Crippen molar-refractivity contribution in [1.82, 2.24) is 9.97 Å². The molecule has 9 heteroatoms. The molecule has 28 heavy (non-hydrogen) atoms. The minimum absolute atomic E-state index is 0.0664. The Morgan fingerprint density at radius 2 is 1.75 bits per heavy atom. The summed E-state index contributed by atoms with van der Waals surface area (Å²) in [5.41, 5.74) is 2.54. The molecule has 0 aliphatic heterocycles. The van der Waals surface area contributed by atoms with Crippen LogP contribution in [0.15, 0.2) is 65.8 Å². The Balaban J connectivity index is 1.66. The summed E-state index contributed by atoms with van der Waals surface area (Å²) in [6.45, 7) is 0.378. The Hall–Kier alpha value is -3.48. The molecule has 0 atom stereocenters. The fourth-order valence-electron chi connectivity index (χ4n) is 2.49. The standard InChI is InChI=1S/C19H18N6O2S/c20-9-8-14-4-6-16(7-5-14)25-19-11-18(23-13-24-19)22-12-15-2-1-3-17(10-15)28(21,26)27/h1-7,10-11,13H,8,12H2,(H2,21,26,27)(H2,22,23,24,25). The molecule has 0 saturated heterocycles. The average Bonchev–Trinajstić information content (AvgIpc) is 2.68. The van der Waals surface area contributed by atoms with Gasteiger partial charge in [0.05, 0.1) is 17.4 Å². The molecule has 0 saturated carbocycles. The summed E-state index contributed by atoms with van der Waals surface area (Å²) in [5.74, 6) is 1.18. The van der Waals surface area contributed by atoms with Crippen LogP contribution in [0.4, 0.5) is 17.3 Å². The van der Waals surface area contributed by atoms with Gasteiger partial charge in [-0.2, -0.15) is 5.26 Å². The number of hydrogen-bond donors (Lipinski definition) is 3. The van der Waals surface area contributed by atoms with Crippen LogP contribution in [0.1, 0.15) is 11.1 Å². The first-order chi connectivity index (χ1) is 13.4. The number of nitriles is 1. The number of sulfonamides is 1. The van der Waals surface area contributed by atoms with Crippen LogP contribution in [0, 0.1) is 11.3 Å². The van der Waals surface area contributed by atoms with E-state index in [1.54, 1.807) is 18.2 Å². The fourth-order valence-corrected chi connectivity index (χ4v) is 3.08. The summed E-state index contributed by atoms with van der Waals surface area (Å²) in [5, 5.41) is 20.2. The Morgan fingerprint density at radius 1 is 1.00 bits per heavy atom. The van der Waals surface area contributed by atoms with Crippen molar-refractivity contribution in [3.8, 4) is 6.07 Å². The van der Waals surface area contributed by atoms with Gasteiger partial charge in [0.15, 0.2) is 0 Å². The summed E-state index contributed by atoms with van der Waals surface area (Å²) >= 11 is 0. The molecule has 0 aliphatic carbocycles. The van der Waals surface area contributed by atoms with E-state index >= 15 is 0 Å². The zero-order chi connectivity index (χ0) is 20.0. The van der Waals surface area contributed by atoms with Gasteiger partial charge in [0.2, 0.25) is 10.0 Å². The zero-order valence-corrected chi connectivity index (χ0v) is 15.6. The third kappa shape index (κ3) is 5.26. The second-order valence-corrected chi connectivity index (χ2v) is 7.55.